The second-order valence-electron chi connectivity index (χ2n) is 8.50. The van der Waals surface area contributed by atoms with Crippen LogP contribution in [-0.4, -0.2) is 37.3 Å². The standard InChI is InChI=1S/C23H27NO4/c1-23(2,3)18-5-7-19(8-6-18)26-14-22(25)24-11-10-17(13-24)16-4-9-20-21(12-16)28-15-27-20/h4-9,12,17H,10-11,13-15H2,1-3H3. The summed E-state index contributed by atoms with van der Waals surface area (Å²) in [6.45, 7) is 8.35. The first kappa shape index (κ1) is 18.7. The molecular formula is C23H27NO4. The number of ether oxygens (including phenoxy) is 3. The molecule has 5 nitrogen and oxygen atoms in total. The number of fused-ring (bicyclic) bond motifs is 1. The van der Waals surface area contributed by atoms with E-state index in [0.29, 0.717) is 12.5 Å². The van der Waals surface area contributed by atoms with Gasteiger partial charge < -0.3 is 19.1 Å². The number of rotatable bonds is 4. The van der Waals surface area contributed by atoms with Gasteiger partial charge in [0.1, 0.15) is 5.75 Å². The van der Waals surface area contributed by atoms with Crippen LogP contribution >= 0.6 is 0 Å². The number of hydrogen-bond donors (Lipinski definition) is 0. The molecule has 2 aliphatic rings. The second kappa shape index (κ2) is 7.38. The number of benzene rings is 2. The molecule has 1 saturated heterocycles. The van der Waals surface area contributed by atoms with Crippen LogP contribution < -0.4 is 14.2 Å². The van der Waals surface area contributed by atoms with Crippen LogP contribution in [0.5, 0.6) is 17.2 Å². The summed E-state index contributed by atoms with van der Waals surface area (Å²) in [5.74, 6) is 2.67. The number of likely N-dealkylation sites (tertiary alicyclic amines) is 1. The maximum atomic E-state index is 12.6. The first-order valence-electron chi connectivity index (χ1n) is 9.81. The van der Waals surface area contributed by atoms with Gasteiger partial charge in [-0.05, 0) is 47.2 Å². The SMILES string of the molecule is CC(C)(C)c1ccc(OCC(=O)N2CCC(c3ccc4c(c3)OCO4)C2)cc1. The van der Waals surface area contributed by atoms with E-state index >= 15 is 0 Å². The molecule has 4 rings (SSSR count). The van der Waals surface area contributed by atoms with Crippen molar-refractivity contribution >= 4 is 5.91 Å². The molecule has 0 aliphatic carbocycles. The normalized spacial score (nSPS) is 18.4. The Bertz CT molecular complexity index is 854. The van der Waals surface area contributed by atoms with Crippen molar-refractivity contribution in [3.05, 3.63) is 53.6 Å². The molecule has 2 heterocycles. The summed E-state index contributed by atoms with van der Waals surface area (Å²) >= 11 is 0. The molecular weight excluding hydrogens is 354 g/mol. The van der Waals surface area contributed by atoms with Crippen molar-refractivity contribution in [1.82, 2.24) is 4.90 Å². The summed E-state index contributed by atoms with van der Waals surface area (Å²) in [6, 6.07) is 14.1. The van der Waals surface area contributed by atoms with Crippen molar-refractivity contribution < 1.29 is 19.0 Å². The zero-order valence-corrected chi connectivity index (χ0v) is 16.7. The fourth-order valence-corrected chi connectivity index (χ4v) is 3.71. The average Bonchev–Trinajstić information content (AvgIpc) is 3.34. The van der Waals surface area contributed by atoms with Crippen LogP contribution in [-0.2, 0) is 10.2 Å². The Kier molecular flexibility index (Phi) is 4.92. The first-order valence-corrected chi connectivity index (χ1v) is 9.81. The zero-order valence-electron chi connectivity index (χ0n) is 16.7. The molecule has 1 fully saturated rings. The number of carbonyl (C=O) groups excluding carboxylic acids is 1. The predicted molar refractivity (Wildman–Crippen MR) is 107 cm³/mol. The number of carbonyl (C=O) groups is 1. The Morgan fingerprint density at radius 2 is 1.86 bits per heavy atom. The summed E-state index contributed by atoms with van der Waals surface area (Å²) in [5, 5.41) is 0. The maximum Gasteiger partial charge on any atom is 0.260 e. The van der Waals surface area contributed by atoms with Gasteiger partial charge >= 0.3 is 0 Å². The first-order chi connectivity index (χ1) is 13.4. The van der Waals surface area contributed by atoms with Gasteiger partial charge in [-0.3, -0.25) is 4.79 Å². The highest BCUT2D eigenvalue weighted by Gasteiger charge is 2.28. The minimum absolute atomic E-state index is 0.0307. The van der Waals surface area contributed by atoms with E-state index in [9.17, 15) is 4.79 Å². The fraction of sp³-hybridized carbons (Fsp3) is 0.435. The monoisotopic (exact) mass is 381 g/mol. The Hall–Kier alpha value is -2.69. The quantitative estimate of drug-likeness (QED) is 0.800. The van der Waals surface area contributed by atoms with Crippen molar-refractivity contribution in [3.8, 4) is 17.2 Å². The Morgan fingerprint density at radius 3 is 2.61 bits per heavy atom. The van der Waals surface area contributed by atoms with E-state index in [2.05, 4.69) is 39.0 Å². The van der Waals surface area contributed by atoms with Gasteiger partial charge in [0, 0.05) is 19.0 Å². The average molecular weight is 381 g/mol. The lowest BCUT2D eigenvalue weighted by Gasteiger charge is -2.20. The Morgan fingerprint density at radius 1 is 1.11 bits per heavy atom. The highest BCUT2D eigenvalue weighted by molar-refractivity contribution is 5.78. The molecule has 148 valence electrons. The van der Waals surface area contributed by atoms with E-state index in [1.54, 1.807) is 0 Å². The Balaban J connectivity index is 1.31. The van der Waals surface area contributed by atoms with Crippen molar-refractivity contribution in [1.29, 1.82) is 0 Å². The fourth-order valence-electron chi connectivity index (χ4n) is 3.71. The second-order valence-corrected chi connectivity index (χ2v) is 8.50. The van der Waals surface area contributed by atoms with E-state index < -0.39 is 0 Å². The highest BCUT2D eigenvalue weighted by Crippen LogP contribution is 2.37. The third kappa shape index (κ3) is 3.93. The van der Waals surface area contributed by atoms with Crippen molar-refractivity contribution in [2.24, 2.45) is 0 Å². The lowest BCUT2D eigenvalue weighted by atomic mass is 9.87. The van der Waals surface area contributed by atoms with Crippen molar-refractivity contribution in [2.75, 3.05) is 26.5 Å². The molecule has 2 aromatic rings. The smallest absolute Gasteiger partial charge is 0.260 e. The molecule has 0 N–H and O–H groups in total. The molecule has 1 atom stereocenters. The summed E-state index contributed by atoms with van der Waals surface area (Å²) in [5.41, 5.74) is 2.55. The van der Waals surface area contributed by atoms with Gasteiger partial charge in [-0.2, -0.15) is 0 Å². The molecule has 0 spiro atoms. The number of amides is 1. The van der Waals surface area contributed by atoms with Gasteiger partial charge in [0.15, 0.2) is 18.1 Å². The van der Waals surface area contributed by atoms with Gasteiger partial charge in [-0.25, -0.2) is 0 Å². The van der Waals surface area contributed by atoms with E-state index in [4.69, 9.17) is 14.2 Å². The molecule has 0 saturated carbocycles. The van der Waals surface area contributed by atoms with Gasteiger partial charge in [-0.15, -0.1) is 0 Å². The van der Waals surface area contributed by atoms with Gasteiger partial charge in [0.2, 0.25) is 6.79 Å². The lowest BCUT2D eigenvalue weighted by molar-refractivity contribution is -0.132. The summed E-state index contributed by atoms with van der Waals surface area (Å²) in [7, 11) is 0. The van der Waals surface area contributed by atoms with Crippen molar-refractivity contribution in [3.63, 3.8) is 0 Å². The van der Waals surface area contributed by atoms with Crippen LogP contribution in [0.4, 0.5) is 0 Å². The van der Waals surface area contributed by atoms with E-state index in [1.165, 1.54) is 11.1 Å². The van der Waals surface area contributed by atoms with Crippen LogP contribution in [0.1, 0.15) is 44.2 Å². The third-order valence-electron chi connectivity index (χ3n) is 5.49. The minimum Gasteiger partial charge on any atom is -0.484 e. The van der Waals surface area contributed by atoms with Crippen LogP contribution in [0, 0.1) is 0 Å². The largest absolute Gasteiger partial charge is 0.484 e. The summed E-state index contributed by atoms with van der Waals surface area (Å²) < 4.78 is 16.6. The van der Waals surface area contributed by atoms with E-state index in [-0.39, 0.29) is 24.7 Å². The van der Waals surface area contributed by atoms with Crippen LogP contribution in [0.15, 0.2) is 42.5 Å². The van der Waals surface area contributed by atoms with Gasteiger partial charge in [0.05, 0.1) is 0 Å². The molecule has 0 aromatic heterocycles. The molecule has 2 aliphatic heterocycles. The topological polar surface area (TPSA) is 48.0 Å². The summed E-state index contributed by atoms with van der Waals surface area (Å²) in [6.07, 6.45) is 0.950. The Labute approximate surface area is 166 Å². The highest BCUT2D eigenvalue weighted by atomic mass is 16.7. The number of hydrogen-bond acceptors (Lipinski definition) is 4. The molecule has 0 bridgehead atoms. The maximum absolute atomic E-state index is 12.6. The molecule has 1 amide bonds. The lowest BCUT2D eigenvalue weighted by Crippen LogP contribution is -2.32. The molecule has 28 heavy (non-hydrogen) atoms. The van der Waals surface area contributed by atoms with Gasteiger partial charge in [0.25, 0.3) is 5.91 Å². The van der Waals surface area contributed by atoms with Gasteiger partial charge in [-0.1, -0.05) is 39.0 Å². The van der Waals surface area contributed by atoms with E-state index in [0.717, 1.165) is 30.2 Å². The third-order valence-corrected chi connectivity index (χ3v) is 5.49. The summed E-state index contributed by atoms with van der Waals surface area (Å²) in [4.78, 5) is 14.5. The molecule has 2 aromatic carbocycles. The predicted octanol–water partition coefficient (Wildman–Crippen LogP) is 4.11. The molecule has 0 radical (unpaired) electrons. The minimum atomic E-state index is 0.0307. The van der Waals surface area contributed by atoms with Crippen LogP contribution in [0.2, 0.25) is 0 Å². The number of nitrogens with zero attached hydrogens (tertiary/aromatic N) is 1. The molecule has 1 unspecified atom stereocenters. The van der Waals surface area contributed by atoms with Crippen LogP contribution in [0.3, 0.4) is 0 Å². The van der Waals surface area contributed by atoms with E-state index in [1.807, 2.05) is 29.2 Å². The van der Waals surface area contributed by atoms with Crippen molar-refractivity contribution in [2.45, 2.75) is 38.5 Å². The molecule has 5 heteroatoms. The zero-order chi connectivity index (χ0) is 19.7. The van der Waals surface area contributed by atoms with Crippen LogP contribution in [0.25, 0.3) is 0 Å².